The van der Waals surface area contributed by atoms with E-state index in [0.717, 1.165) is 11.3 Å². The molecule has 3 aromatic rings. The van der Waals surface area contributed by atoms with E-state index in [1.54, 1.807) is 4.90 Å². The SMILES string of the molecule is CCN(C(C)=O)c1cccc(-c2cc(=O)[nH]c3c(C#N)cnn23)c1. The molecule has 0 bridgehead atoms. The van der Waals surface area contributed by atoms with Crippen LogP contribution in [0, 0.1) is 11.3 Å². The van der Waals surface area contributed by atoms with Crippen LogP contribution in [0.4, 0.5) is 5.69 Å². The molecule has 0 saturated heterocycles. The summed E-state index contributed by atoms with van der Waals surface area (Å²) in [5.41, 5.74) is 2.35. The molecule has 0 aliphatic carbocycles. The van der Waals surface area contributed by atoms with Crippen molar-refractivity contribution in [2.45, 2.75) is 13.8 Å². The number of hydrogen-bond acceptors (Lipinski definition) is 4. The topological polar surface area (TPSA) is 94.3 Å². The number of nitriles is 1. The Morgan fingerprint density at radius 3 is 2.88 bits per heavy atom. The standard InChI is InChI=1S/C17H15N5O2/c1-3-21(11(2)23)14-6-4-5-12(7-14)15-8-16(24)20-17-13(9-18)10-19-22(15)17/h4-8,10H,3H2,1-2H3,(H,20,24). The number of anilines is 1. The van der Waals surface area contributed by atoms with Crippen molar-refractivity contribution < 1.29 is 4.79 Å². The molecule has 0 unspecified atom stereocenters. The van der Waals surface area contributed by atoms with Gasteiger partial charge in [-0.1, -0.05) is 12.1 Å². The molecule has 0 atom stereocenters. The molecule has 0 fully saturated rings. The summed E-state index contributed by atoms with van der Waals surface area (Å²) in [4.78, 5) is 28.0. The number of fused-ring (bicyclic) bond motifs is 1. The third-order valence-electron chi connectivity index (χ3n) is 3.78. The Morgan fingerprint density at radius 1 is 1.42 bits per heavy atom. The van der Waals surface area contributed by atoms with E-state index in [2.05, 4.69) is 10.1 Å². The van der Waals surface area contributed by atoms with Gasteiger partial charge in [-0.15, -0.1) is 0 Å². The van der Waals surface area contributed by atoms with E-state index >= 15 is 0 Å². The quantitative estimate of drug-likeness (QED) is 0.797. The number of nitrogens with zero attached hydrogens (tertiary/aromatic N) is 4. The van der Waals surface area contributed by atoms with Crippen LogP contribution in [0.15, 0.2) is 41.3 Å². The molecule has 24 heavy (non-hydrogen) atoms. The summed E-state index contributed by atoms with van der Waals surface area (Å²) >= 11 is 0. The van der Waals surface area contributed by atoms with Crippen molar-refractivity contribution in [3.05, 3.63) is 52.4 Å². The van der Waals surface area contributed by atoms with Gasteiger partial charge in [-0.3, -0.25) is 9.59 Å². The van der Waals surface area contributed by atoms with Crippen LogP contribution >= 0.6 is 0 Å². The highest BCUT2D eigenvalue weighted by atomic mass is 16.2. The molecule has 0 saturated carbocycles. The first-order chi connectivity index (χ1) is 11.5. The van der Waals surface area contributed by atoms with Crippen LogP contribution in [0.1, 0.15) is 19.4 Å². The summed E-state index contributed by atoms with van der Waals surface area (Å²) < 4.78 is 1.52. The van der Waals surface area contributed by atoms with Gasteiger partial charge >= 0.3 is 0 Å². The summed E-state index contributed by atoms with van der Waals surface area (Å²) in [5.74, 6) is -0.0587. The van der Waals surface area contributed by atoms with Crippen LogP contribution in [-0.4, -0.2) is 27.0 Å². The number of amides is 1. The van der Waals surface area contributed by atoms with Gasteiger partial charge in [0.05, 0.1) is 11.9 Å². The average molecular weight is 321 g/mol. The zero-order chi connectivity index (χ0) is 17.3. The van der Waals surface area contributed by atoms with Crippen molar-refractivity contribution in [2.24, 2.45) is 0 Å². The van der Waals surface area contributed by atoms with Crippen molar-refractivity contribution in [3.63, 3.8) is 0 Å². The molecule has 120 valence electrons. The summed E-state index contributed by atoms with van der Waals surface area (Å²) in [6, 6.07) is 10.7. The molecule has 1 N–H and O–H groups in total. The Balaban J connectivity index is 2.22. The molecule has 0 aliphatic rings. The van der Waals surface area contributed by atoms with Gasteiger partial charge in [0.15, 0.2) is 5.65 Å². The van der Waals surface area contributed by atoms with Crippen molar-refractivity contribution in [1.29, 1.82) is 5.26 Å². The van der Waals surface area contributed by atoms with Gasteiger partial charge in [0.1, 0.15) is 11.6 Å². The minimum absolute atomic E-state index is 0.0587. The highest BCUT2D eigenvalue weighted by Crippen LogP contribution is 2.24. The van der Waals surface area contributed by atoms with Gasteiger partial charge in [-0.2, -0.15) is 10.4 Å². The first kappa shape index (κ1) is 15.5. The van der Waals surface area contributed by atoms with E-state index < -0.39 is 0 Å². The van der Waals surface area contributed by atoms with Crippen LogP contribution in [0.25, 0.3) is 16.9 Å². The normalized spacial score (nSPS) is 10.5. The fourth-order valence-corrected chi connectivity index (χ4v) is 2.70. The highest BCUT2D eigenvalue weighted by molar-refractivity contribution is 5.92. The lowest BCUT2D eigenvalue weighted by molar-refractivity contribution is -0.116. The highest BCUT2D eigenvalue weighted by Gasteiger charge is 2.14. The van der Waals surface area contributed by atoms with Gasteiger partial charge in [-0.25, -0.2) is 4.52 Å². The molecular weight excluding hydrogens is 306 g/mol. The number of carbonyl (C=O) groups is 1. The van der Waals surface area contributed by atoms with Crippen molar-refractivity contribution in [2.75, 3.05) is 11.4 Å². The van der Waals surface area contributed by atoms with Crippen LogP contribution in [0.3, 0.4) is 0 Å². The molecule has 0 spiro atoms. The largest absolute Gasteiger partial charge is 0.313 e. The van der Waals surface area contributed by atoms with Gasteiger partial charge in [0.2, 0.25) is 5.91 Å². The fourth-order valence-electron chi connectivity index (χ4n) is 2.70. The monoisotopic (exact) mass is 321 g/mol. The molecule has 7 heteroatoms. The zero-order valence-electron chi connectivity index (χ0n) is 13.3. The Morgan fingerprint density at radius 2 is 2.21 bits per heavy atom. The first-order valence-electron chi connectivity index (χ1n) is 7.45. The van der Waals surface area contributed by atoms with Crippen LogP contribution in [0.2, 0.25) is 0 Å². The molecule has 1 amide bonds. The number of nitrogens with one attached hydrogen (secondary N) is 1. The Kier molecular flexibility index (Phi) is 3.88. The molecule has 1 aromatic carbocycles. The lowest BCUT2D eigenvalue weighted by Crippen LogP contribution is -2.27. The number of aromatic amines is 1. The molecular formula is C17H15N5O2. The number of benzene rings is 1. The average Bonchev–Trinajstić information content (AvgIpc) is 2.97. The Bertz CT molecular complexity index is 1030. The number of H-pyrrole nitrogens is 1. The minimum Gasteiger partial charge on any atom is -0.313 e. The van der Waals surface area contributed by atoms with E-state index in [0.29, 0.717) is 23.4 Å². The Labute approximate surface area is 137 Å². The second-order valence-corrected chi connectivity index (χ2v) is 5.26. The molecule has 0 aliphatic heterocycles. The van der Waals surface area contributed by atoms with Crippen LogP contribution in [0.5, 0.6) is 0 Å². The van der Waals surface area contributed by atoms with E-state index in [1.807, 2.05) is 37.3 Å². The summed E-state index contributed by atoms with van der Waals surface area (Å²) in [6.07, 6.45) is 1.41. The predicted molar refractivity (Wildman–Crippen MR) is 89.7 cm³/mol. The maximum Gasteiger partial charge on any atom is 0.251 e. The third kappa shape index (κ3) is 2.54. The fraction of sp³-hybridized carbons (Fsp3) is 0.176. The molecule has 2 heterocycles. The molecule has 0 radical (unpaired) electrons. The second kappa shape index (κ2) is 6.01. The summed E-state index contributed by atoms with van der Waals surface area (Å²) in [6.45, 7) is 3.95. The second-order valence-electron chi connectivity index (χ2n) is 5.26. The maximum atomic E-state index is 12.0. The predicted octanol–water partition coefficient (Wildman–Crippen LogP) is 1.93. The Hall–Kier alpha value is -3.40. The third-order valence-corrected chi connectivity index (χ3v) is 3.78. The van der Waals surface area contributed by atoms with Crippen LogP contribution in [-0.2, 0) is 4.79 Å². The molecule has 3 rings (SSSR count). The first-order valence-corrected chi connectivity index (χ1v) is 7.45. The number of aromatic nitrogens is 3. The minimum atomic E-state index is -0.321. The molecule has 7 nitrogen and oxygen atoms in total. The van der Waals surface area contributed by atoms with Crippen molar-refractivity contribution >= 4 is 17.2 Å². The summed E-state index contributed by atoms with van der Waals surface area (Å²) in [5, 5.41) is 13.3. The van der Waals surface area contributed by atoms with E-state index in [1.165, 1.54) is 23.7 Å². The lowest BCUT2D eigenvalue weighted by Gasteiger charge is -2.19. The van der Waals surface area contributed by atoms with E-state index in [4.69, 9.17) is 5.26 Å². The van der Waals surface area contributed by atoms with Gasteiger partial charge in [0, 0.05) is 30.8 Å². The number of rotatable bonds is 3. The van der Waals surface area contributed by atoms with Crippen molar-refractivity contribution in [3.8, 4) is 17.3 Å². The summed E-state index contributed by atoms with van der Waals surface area (Å²) in [7, 11) is 0. The zero-order valence-corrected chi connectivity index (χ0v) is 13.3. The van der Waals surface area contributed by atoms with Gasteiger partial charge in [-0.05, 0) is 19.1 Å². The number of carbonyl (C=O) groups excluding carboxylic acids is 1. The van der Waals surface area contributed by atoms with Crippen LogP contribution < -0.4 is 10.5 Å². The maximum absolute atomic E-state index is 12.0. The lowest BCUT2D eigenvalue weighted by atomic mass is 10.1. The smallest absolute Gasteiger partial charge is 0.251 e. The number of hydrogen-bond donors (Lipinski definition) is 1. The van der Waals surface area contributed by atoms with Crippen molar-refractivity contribution in [1.82, 2.24) is 14.6 Å². The van der Waals surface area contributed by atoms with Gasteiger partial charge < -0.3 is 9.88 Å². The van der Waals surface area contributed by atoms with E-state index in [-0.39, 0.29) is 11.5 Å². The van der Waals surface area contributed by atoms with Gasteiger partial charge in [0.25, 0.3) is 5.56 Å². The van der Waals surface area contributed by atoms with E-state index in [9.17, 15) is 9.59 Å². The molecule has 2 aromatic heterocycles.